The Hall–Kier alpha value is 0.0600. The van der Waals surface area contributed by atoms with E-state index in [4.69, 9.17) is 28.4 Å². The van der Waals surface area contributed by atoms with E-state index in [0.29, 0.717) is 13.4 Å². The average molecular weight is 1560 g/mol. The second kappa shape index (κ2) is 264. The van der Waals surface area contributed by atoms with Crippen molar-refractivity contribution in [1.29, 1.82) is 0 Å². The molecule has 0 aromatic carbocycles. The topological polar surface area (TPSA) is 153 Å². The highest BCUT2D eigenvalue weighted by atomic mass is 32.2. The van der Waals surface area contributed by atoms with Gasteiger partial charge in [-0.15, -0.1) is 11.8 Å². The van der Waals surface area contributed by atoms with Crippen LogP contribution in [0.3, 0.4) is 0 Å². The molecule has 10 aliphatic heterocycles. The number of thioether (sulfide) groups is 6. The van der Waals surface area contributed by atoms with Crippen LogP contribution < -0.4 is 21.3 Å². The van der Waals surface area contributed by atoms with Gasteiger partial charge in [-0.2, -0.15) is 58.8 Å². The molecule has 6 fully saturated rings. The molecule has 10 heterocycles. The minimum absolute atomic E-state index is 0.500. The van der Waals surface area contributed by atoms with Crippen LogP contribution in [0.5, 0.6) is 0 Å². The van der Waals surface area contributed by atoms with Gasteiger partial charge in [0.05, 0.1) is 77.9 Å². The molecule has 0 aliphatic carbocycles. The highest BCUT2D eigenvalue weighted by molar-refractivity contribution is 8.16. The van der Waals surface area contributed by atoms with Gasteiger partial charge in [0.1, 0.15) is 6.79 Å². The maximum absolute atomic E-state index is 4.94. The minimum atomic E-state index is 0.500. The fourth-order valence-corrected chi connectivity index (χ4v) is 10.5. The van der Waals surface area contributed by atoms with Gasteiger partial charge in [0.2, 0.25) is 0 Å². The van der Waals surface area contributed by atoms with Gasteiger partial charge in [0.25, 0.3) is 0 Å². The molecule has 10 aliphatic rings. The lowest BCUT2D eigenvalue weighted by atomic mass is 10.4. The van der Waals surface area contributed by atoms with E-state index in [-0.39, 0.29) is 0 Å². The Balaban J connectivity index is -0.0000000374. The molecule has 0 aromatic rings. The Kier molecular flexibility index (Phi) is 405. The van der Waals surface area contributed by atoms with Gasteiger partial charge in [-0.25, -0.2) is 0 Å². The van der Waals surface area contributed by atoms with Gasteiger partial charge < -0.3 is 49.7 Å². The molecule has 0 unspecified atom stereocenters. The first-order valence-corrected chi connectivity index (χ1v) is 48.6. The summed E-state index contributed by atoms with van der Waals surface area (Å²) < 4.78 is 29.3. The molecule has 0 bridgehead atoms. The van der Waals surface area contributed by atoms with Crippen LogP contribution in [0.15, 0.2) is 20.0 Å². The van der Waals surface area contributed by atoms with E-state index >= 15 is 0 Å². The fourth-order valence-electron chi connectivity index (χ4n) is 4.54. The summed E-state index contributed by atoms with van der Waals surface area (Å²) >= 11 is 12.1. The molecule has 0 saturated carbocycles. The Morgan fingerprint density at radius 2 is 0.650 bits per heavy atom. The smallest absolute Gasteiger partial charge is 0.169 e. The van der Waals surface area contributed by atoms with Gasteiger partial charge in [0, 0.05) is 123 Å². The quantitative estimate of drug-likeness (QED) is 0.182. The number of nitrogens with one attached hydrogen (secondary N) is 4. The molecular weight excluding hydrogens is 1360 g/mol. The highest BCUT2D eigenvalue weighted by Crippen LogP contribution is 2.20. The summed E-state index contributed by atoms with van der Waals surface area (Å²) in [6.07, 6.45) is 11.1. The first-order chi connectivity index (χ1) is 50.0. The van der Waals surface area contributed by atoms with Crippen LogP contribution in [0, 0.1) is 0 Å². The molecule has 0 amide bonds. The molecule has 14 nitrogen and oxygen atoms in total. The summed E-state index contributed by atoms with van der Waals surface area (Å²) in [5.41, 5.74) is 1.93. The van der Waals surface area contributed by atoms with E-state index in [1.54, 1.807) is 24.3 Å². The number of hydrogen-bond donors (Lipinski definition) is 4. The van der Waals surface area contributed by atoms with Crippen molar-refractivity contribution in [1.82, 2.24) is 21.3 Å². The zero-order valence-corrected chi connectivity index (χ0v) is 81.4. The monoisotopic (exact) mass is 1560 g/mol. The predicted molar refractivity (Wildman–Crippen MR) is 499 cm³/mol. The van der Waals surface area contributed by atoms with Crippen molar-refractivity contribution in [3.05, 3.63) is 0 Å². The van der Waals surface area contributed by atoms with Crippen LogP contribution in [0.2, 0.25) is 0 Å². The average Bonchev–Trinajstić information content (AvgIpc) is 3.82. The van der Waals surface area contributed by atoms with E-state index in [0.717, 1.165) is 125 Å². The number of ether oxygens (including phenoxy) is 6. The van der Waals surface area contributed by atoms with Crippen molar-refractivity contribution in [2.24, 2.45) is 20.0 Å². The summed E-state index contributed by atoms with van der Waals surface area (Å²) in [6, 6.07) is 0. The van der Waals surface area contributed by atoms with Crippen LogP contribution in [0.1, 0.15) is 309 Å². The minimum Gasteiger partial charge on any atom is -0.483 e. The van der Waals surface area contributed by atoms with Crippen LogP contribution >= 0.6 is 70.6 Å². The maximum atomic E-state index is 4.94. The Morgan fingerprint density at radius 3 is 0.750 bits per heavy atom. The lowest BCUT2D eigenvalue weighted by molar-refractivity contribution is -0.0963. The molecule has 0 aromatic heterocycles. The standard InChI is InChI=1S/C4H10N2.C4H8N2.2C4H7NO.C4H9NS.C4H7NS.2C4H8O2.2C4H8S2.20C2H6/c1-2-6-4-3-5-1;1-2-5-4-6-3-1;1-3-6-4-2-5-1;1-2-5-4-6-3-1;1-3-6-4-2-5-1;1-2-5-4-6-3-1;1-2-6-4-3-5-1;1-2-5-4-6-3-1;1-2-6-4-3-5-1;1-2-5-4-6-3-1;20*1-2/h5-6H,1-4H2;4H,1-3H2,(H,5,6);1H,2-4H2;4H,1-3H2;5H,1-4H2;4H,1-3H2;4*1-4H2;20*1-2H3. The maximum Gasteiger partial charge on any atom is 0.169 e. The third-order valence-corrected chi connectivity index (χ3v) is 14.4. The van der Waals surface area contributed by atoms with E-state index in [9.17, 15) is 0 Å². The van der Waals surface area contributed by atoms with E-state index in [1.165, 1.54) is 95.6 Å². The summed E-state index contributed by atoms with van der Waals surface area (Å²) in [6.45, 7) is 99.7. The summed E-state index contributed by atoms with van der Waals surface area (Å²) in [7, 11) is 0. The highest BCUT2D eigenvalue weighted by Gasteiger charge is 1.98. The number of hydrogen-bond acceptors (Lipinski definition) is 20. The second-order valence-corrected chi connectivity index (χ2v) is 20.1. The van der Waals surface area contributed by atoms with Crippen LogP contribution in [-0.4, -0.2) is 220 Å². The molecule has 0 spiro atoms. The molecule has 632 valence electrons. The van der Waals surface area contributed by atoms with E-state index in [1.807, 2.05) is 294 Å². The SMILES string of the molecule is C1=NCCCN1.C1=NCCCO1.C1=NCCCS1.C1=NCCOC1.C1CNCCN1.C1COCCO1.C1COCOC1.C1CSCCN1.C1CSCCS1.C1CSCSC1.CC.CC.CC.CC.CC.CC.CC.CC.CC.CC.CC.CC.CC.CC.CC.CC.CC.CC.CC.CC. The number of nitrogens with zero attached hydrogens (tertiary/aromatic N) is 4. The van der Waals surface area contributed by atoms with Crippen molar-refractivity contribution in [2.75, 3.05) is 195 Å². The van der Waals surface area contributed by atoms with E-state index in [2.05, 4.69) is 88.3 Å². The van der Waals surface area contributed by atoms with Gasteiger partial charge in [0.15, 0.2) is 6.40 Å². The fraction of sp³-hybridized carbons (Fsp3) is 0.950. The summed E-state index contributed by atoms with van der Waals surface area (Å²) in [5, 5.41) is 14.0. The number of aliphatic imine (C=N–C) groups is 4. The van der Waals surface area contributed by atoms with Gasteiger partial charge in [-0.05, 0) is 37.2 Å². The third kappa shape index (κ3) is 256. The van der Waals surface area contributed by atoms with Crippen molar-refractivity contribution < 1.29 is 28.4 Å². The Morgan fingerprint density at radius 1 is 0.270 bits per heavy atom. The molecule has 20 heteroatoms. The lowest BCUT2D eigenvalue weighted by Gasteiger charge is -2.11. The summed E-state index contributed by atoms with van der Waals surface area (Å²) in [4.78, 5) is 15.7. The molecule has 0 atom stereocenters. The first kappa shape index (κ1) is 153. The normalized spacial score (nSPS) is 14.8. The Bertz CT molecular complexity index is 686. The molecular formula is C80H200N8O6S6. The van der Waals surface area contributed by atoms with Crippen LogP contribution in [-0.2, 0) is 28.4 Å². The van der Waals surface area contributed by atoms with Crippen molar-refractivity contribution in [3.8, 4) is 0 Å². The van der Waals surface area contributed by atoms with Gasteiger partial charge >= 0.3 is 0 Å². The van der Waals surface area contributed by atoms with Crippen molar-refractivity contribution in [2.45, 2.75) is 309 Å². The number of piperazine rings is 1. The van der Waals surface area contributed by atoms with Crippen molar-refractivity contribution >= 4 is 95.1 Å². The number of rotatable bonds is 0. The molecule has 10 rings (SSSR count). The van der Waals surface area contributed by atoms with Gasteiger partial charge in [-0.3, -0.25) is 20.0 Å². The first-order valence-electron chi connectivity index (χ1n) is 41.8. The largest absolute Gasteiger partial charge is 0.483 e. The molecule has 6 saturated heterocycles. The second-order valence-electron chi connectivity index (χ2n) is 12.9. The molecule has 100 heavy (non-hydrogen) atoms. The van der Waals surface area contributed by atoms with Crippen molar-refractivity contribution in [3.63, 3.8) is 0 Å². The Labute approximate surface area is 664 Å². The third-order valence-electron chi connectivity index (χ3n) is 7.65. The summed E-state index contributed by atoms with van der Waals surface area (Å²) in [5.74, 6) is 12.2. The zero-order chi connectivity index (χ0) is 82.4. The predicted octanol–water partition coefficient (Wildman–Crippen LogP) is 25.4. The molecule has 4 N–H and O–H groups in total. The van der Waals surface area contributed by atoms with Crippen LogP contribution in [0.25, 0.3) is 0 Å². The zero-order valence-electron chi connectivity index (χ0n) is 76.5. The lowest BCUT2D eigenvalue weighted by Crippen LogP contribution is -2.39. The van der Waals surface area contributed by atoms with E-state index < -0.39 is 0 Å². The van der Waals surface area contributed by atoms with Crippen LogP contribution in [0.4, 0.5) is 0 Å². The molecule has 0 radical (unpaired) electrons. The van der Waals surface area contributed by atoms with Gasteiger partial charge in [-0.1, -0.05) is 277 Å².